The van der Waals surface area contributed by atoms with E-state index in [-0.39, 0.29) is 6.61 Å². The number of nitrogens with one attached hydrogen (secondary N) is 2. The maximum Gasteiger partial charge on any atom is 0.302 e. The molecule has 1 aliphatic rings. The molecule has 20 nitrogen and oxygen atoms in total. The minimum absolute atomic E-state index is 0.0129. The van der Waals surface area contributed by atoms with Crippen LogP contribution in [0.15, 0.2) is 24.3 Å². The molecule has 12 N–H and O–H groups in total. The second kappa shape index (κ2) is 22.0. The summed E-state index contributed by atoms with van der Waals surface area (Å²) in [5, 5.41) is 86.3. The van der Waals surface area contributed by atoms with Crippen LogP contribution in [0.3, 0.4) is 0 Å². The van der Waals surface area contributed by atoms with Gasteiger partial charge < -0.3 is 71.4 Å². The van der Waals surface area contributed by atoms with Gasteiger partial charge in [0.2, 0.25) is 17.7 Å². The molecule has 0 saturated carbocycles. The summed E-state index contributed by atoms with van der Waals surface area (Å²) in [6.07, 6.45) is -19.5. The van der Waals surface area contributed by atoms with Gasteiger partial charge in [0.25, 0.3) is 0 Å². The maximum atomic E-state index is 13.3. The number of amides is 3. The number of carbonyl (C=O) groups excluding carboxylic acids is 6. The average molecular weight is 788 g/mol. The SMILES string of the molecule is CC(=O)OCc1ccc(NC(=O)C(CC(N)=O)CC(=O)C(C)NC(=O)C(CC(=O)[C@H](O)[C@H](O)[C@@H](O[C@@H]2O[C@H](CO)[C@H](O)[C@H](O)[C@H]2O)[C@H](O)CO)C(C)C)cc1. The molecular weight excluding hydrogens is 734 g/mol. The number of ether oxygens (including phenoxy) is 3. The molecule has 1 heterocycles. The van der Waals surface area contributed by atoms with Crippen LogP contribution in [0.2, 0.25) is 0 Å². The number of nitrogens with two attached hydrogens (primary N) is 1. The number of benzene rings is 1. The van der Waals surface area contributed by atoms with E-state index in [2.05, 4.69) is 10.6 Å². The van der Waals surface area contributed by atoms with Gasteiger partial charge in [-0.05, 0) is 30.5 Å². The molecule has 0 radical (unpaired) electrons. The average Bonchev–Trinajstić information content (AvgIpc) is 3.13. The van der Waals surface area contributed by atoms with Gasteiger partial charge in [-0.25, -0.2) is 0 Å². The van der Waals surface area contributed by atoms with Crippen molar-refractivity contribution in [1.82, 2.24) is 5.32 Å². The standard InChI is InChI=1S/C35H53N3O17/c1-15(2)21(11-23(43)27(46)30(49)32(24(44)12-39)55-35-31(50)29(48)28(47)25(13-40)54-35)34(52)37-16(3)22(42)9-19(10-26(36)45)33(51)38-20-7-5-18(6-8-20)14-53-17(4)41/h5-8,15-16,19,21,24-25,27-32,35,39-40,44,46-50H,9-14H2,1-4H3,(H2,36,45)(H,37,52)(H,38,51)/t16?,19?,21?,24-,25-,27+,28+,29+,30+,31-,32+,35+/m1/s1. The fourth-order valence-electron chi connectivity index (χ4n) is 5.61. The molecule has 1 fully saturated rings. The zero-order valence-electron chi connectivity index (χ0n) is 30.9. The molecule has 3 amide bonds. The summed E-state index contributed by atoms with van der Waals surface area (Å²) in [7, 11) is 0. The summed E-state index contributed by atoms with van der Waals surface area (Å²) in [6, 6.07) is 4.99. The third-order valence-corrected chi connectivity index (χ3v) is 9.03. The van der Waals surface area contributed by atoms with Gasteiger partial charge in [0.1, 0.15) is 55.4 Å². The lowest BCUT2D eigenvalue weighted by Crippen LogP contribution is -2.61. The van der Waals surface area contributed by atoms with Gasteiger partial charge >= 0.3 is 5.97 Å². The molecule has 2 rings (SSSR count). The van der Waals surface area contributed by atoms with Crippen molar-refractivity contribution in [2.24, 2.45) is 23.5 Å². The number of ketones is 2. The smallest absolute Gasteiger partial charge is 0.302 e. The van der Waals surface area contributed by atoms with Crippen molar-refractivity contribution < 1.29 is 83.8 Å². The highest BCUT2D eigenvalue weighted by Crippen LogP contribution is 2.26. The summed E-state index contributed by atoms with van der Waals surface area (Å²) < 4.78 is 15.4. The molecule has 1 aliphatic heterocycles. The Morgan fingerprint density at radius 2 is 1.47 bits per heavy atom. The van der Waals surface area contributed by atoms with Crippen LogP contribution in [0.5, 0.6) is 0 Å². The van der Waals surface area contributed by atoms with Crippen molar-refractivity contribution >= 4 is 40.9 Å². The zero-order chi connectivity index (χ0) is 41.7. The molecule has 0 aromatic heterocycles. The normalized spacial score (nSPS) is 23.7. The fraction of sp³-hybridized carbons (Fsp3) is 0.657. The van der Waals surface area contributed by atoms with Gasteiger partial charge in [0.15, 0.2) is 17.9 Å². The Balaban J connectivity index is 2.10. The number of primary amides is 1. The molecule has 1 aromatic carbocycles. The number of anilines is 1. The number of aliphatic hydroxyl groups excluding tert-OH is 8. The predicted molar refractivity (Wildman–Crippen MR) is 187 cm³/mol. The van der Waals surface area contributed by atoms with E-state index >= 15 is 0 Å². The second-order valence-corrected chi connectivity index (χ2v) is 13.7. The van der Waals surface area contributed by atoms with Crippen molar-refractivity contribution in [2.45, 2.75) is 115 Å². The summed E-state index contributed by atoms with van der Waals surface area (Å²) >= 11 is 0. The monoisotopic (exact) mass is 787 g/mol. The van der Waals surface area contributed by atoms with E-state index in [1.165, 1.54) is 26.0 Å². The molecule has 0 spiro atoms. The lowest BCUT2D eigenvalue weighted by Gasteiger charge is -2.42. The van der Waals surface area contributed by atoms with Gasteiger partial charge in [-0.1, -0.05) is 26.0 Å². The van der Waals surface area contributed by atoms with Crippen LogP contribution in [-0.4, -0.2) is 150 Å². The summed E-state index contributed by atoms with van der Waals surface area (Å²) in [5.41, 5.74) is 6.28. The van der Waals surface area contributed by atoms with Gasteiger partial charge in [-0.3, -0.25) is 28.8 Å². The summed E-state index contributed by atoms with van der Waals surface area (Å²) in [5.74, 6) is -7.69. The number of hydrogen-bond donors (Lipinski definition) is 11. The number of carbonyl (C=O) groups is 6. The Morgan fingerprint density at radius 3 is 2.00 bits per heavy atom. The van der Waals surface area contributed by atoms with E-state index in [0.29, 0.717) is 11.3 Å². The van der Waals surface area contributed by atoms with Crippen LogP contribution in [0.4, 0.5) is 5.69 Å². The van der Waals surface area contributed by atoms with Crippen LogP contribution < -0.4 is 16.4 Å². The molecule has 20 heteroatoms. The first-order valence-corrected chi connectivity index (χ1v) is 17.5. The highest BCUT2D eigenvalue weighted by Gasteiger charge is 2.47. The van der Waals surface area contributed by atoms with E-state index in [0.717, 1.165) is 0 Å². The van der Waals surface area contributed by atoms with Crippen LogP contribution in [0.1, 0.15) is 52.5 Å². The van der Waals surface area contributed by atoms with E-state index in [1.54, 1.807) is 26.0 Å². The summed E-state index contributed by atoms with van der Waals surface area (Å²) in [4.78, 5) is 75.6. The third-order valence-electron chi connectivity index (χ3n) is 9.03. The molecule has 3 unspecified atom stereocenters. The van der Waals surface area contributed by atoms with E-state index in [4.69, 9.17) is 19.9 Å². The van der Waals surface area contributed by atoms with Gasteiger partial charge in [-0.2, -0.15) is 0 Å². The number of hydrogen-bond acceptors (Lipinski definition) is 17. The van der Waals surface area contributed by atoms with Gasteiger partial charge in [0, 0.05) is 37.8 Å². The lowest BCUT2D eigenvalue weighted by atomic mass is 9.86. The number of esters is 1. The highest BCUT2D eigenvalue weighted by atomic mass is 16.7. The molecular formula is C35H53N3O17. The van der Waals surface area contributed by atoms with Gasteiger partial charge in [0.05, 0.1) is 25.2 Å². The van der Waals surface area contributed by atoms with Crippen LogP contribution in [0, 0.1) is 17.8 Å². The van der Waals surface area contributed by atoms with Gasteiger partial charge in [-0.15, -0.1) is 0 Å². The third kappa shape index (κ3) is 13.9. The van der Waals surface area contributed by atoms with Crippen molar-refractivity contribution in [3.63, 3.8) is 0 Å². The van der Waals surface area contributed by atoms with E-state index < -0.39 is 147 Å². The quantitative estimate of drug-likeness (QED) is 0.0501. The molecule has 12 atom stereocenters. The van der Waals surface area contributed by atoms with Crippen LogP contribution in [-0.2, 0) is 49.6 Å². The second-order valence-electron chi connectivity index (χ2n) is 13.7. The lowest BCUT2D eigenvalue weighted by molar-refractivity contribution is -0.326. The first-order valence-electron chi connectivity index (χ1n) is 17.5. The van der Waals surface area contributed by atoms with Crippen molar-refractivity contribution in [3.05, 3.63) is 29.8 Å². The van der Waals surface area contributed by atoms with Crippen LogP contribution >= 0.6 is 0 Å². The highest BCUT2D eigenvalue weighted by molar-refractivity contribution is 5.99. The molecule has 1 saturated heterocycles. The molecule has 55 heavy (non-hydrogen) atoms. The van der Waals surface area contributed by atoms with Crippen LogP contribution in [0.25, 0.3) is 0 Å². The topological polar surface area (TPSA) is 342 Å². The first kappa shape index (κ1) is 47.2. The molecule has 310 valence electrons. The van der Waals surface area contributed by atoms with Crippen molar-refractivity contribution in [1.29, 1.82) is 0 Å². The molecule has 0 aliphatic carbocycles. The van der Waals surface area contributed by atoms with Crippen molar-refractivity contribution in [2.75, 3.05) is 18.5 Å². The largest absolute Gasteiger partial charge is 0.461 e. The number of aliphatic hydroxyl groups is 8. The Labute approximate surface area is 316 Å². The number of Topliss-reactive ketones (excluding diaryl/α,β-unsaturated/α-hetero) is 2. The zero-order valence-corrected chi connectivity index (χ0v) is 30.9. The molecule has 1 aromatic rings. The minimum atomic E-state index is -2.36. The Hall–Kier alpha value is -3.96. The predicted octanol–water partition coefficient (Wildman–Crippen LogP) is -3.86. The van der Waals surface area contributed by atoms with E-state index in [1.807, 2.05) is 0 Å². The fourth-order valence-corrected chi connectivity index (χ4v) is 5.61. The minimum Gasteiger partial charge on any atom is -0.461 e. The van der Waals surface area contributed by atoms with E-state index in [9.17, 15) is 69.6 Å². The van der Waals surface area contributed by atoms with Crippen molar-refractivity contribution in [3.8, 4) is 0 Å². The Kier molecular flexibility index (Phi) is 18.8. The number of rotatable bonds is 22. The maximum absolute atomic E-state index is 13.3. The Bertz CT molecular complexity index is 1460. The molecule has 0 bridgehead atoms. The Morgan fingerprint density at radius 1 is 0.855 bits per heavy atom. The first-order chi connectivity index (χ1) is 25.7. The summed E-state index contributed by atoms with van der Waals surface area (Å²) in [6.45, 7) is 3.77.